The molecule has 0 unspecified atom stereocenters. The van der Waals surface area contributed by atoms with Gasteiger partial charge in [0.25, 0.3) is 0 Å². The molecule has 1 aromatic carbocycles. The first-order chi connectivity index (χ1) is 11.2. The second kappa shape index (κ2) is 7.04. The molecule has 124 valence electrons. The molecule has 5 nitrogen and oxygen atoms in total. The monoisotopic (exact) mass is 315 g/mol. The summed E-state index contributed by atoms with van der Waals surface area (Å²) >= 11 is 0. The average Bonchev–Trinajstić information content (AvgIpc) is 2.83. The molecule has 3 rings (SSSR count). The zero-order valence-corrected chi connectivity index (χ0v) is 13.9. The van der Waals surface area contributed by atoms with E-state index in [4.69, 9.17) is 4.74 Å². The van der Waals surface area contributed by atoms with Crippen LogP contribution in [0.4, 0.5) is 0 Å². The molecule has 0 bridgehead atoms. The molecular formula is C18H25N3O2. The number of benzene rings is 1. The number of hydrogen-bond donors (Lipinski definition) is 1. The number of ether oxygens (including phenoxy) is 1. The zero-order chi connectivity index (χ0) is 16.2. The lowest BCUT2D eigenvalue weighted by Crippen LogP contribution is -2.28. The number of nitrogens with zero attached hydrogens (tertiary/aromatic N) is 3. The Labute approximate surface area is 137 Å². The number of likely N-dealkylation sites (tertiary alicyclic amines) is 1. The molecule has 1 N–H and O–H groups in total. The average molecular weight is 315 g/mol. The van der Waals surface area contributed by atoms with Crippen molar-refractivity contribution in [3.05, 3.63) is 41.7 Å². The molecule has 0 aliphatic carbocycles. The van der Waals surface area contributed by atoms with Gasteiger partial charge in [0.2, 0.25) is 0 Å². The van der Waals surface area contributed by atoms with E-state index in [2.05, 4.69) is 16.1 Å². The fourth-order valence-electron chi connectivity index (χ4n) is 3.37. The van der Waals surface area contributed by atoms with E-state index in [9.17, 15) is 5.11 Å². The Hall–Kier alpha value is -2.01. The third-order valence-corrected chi connectivity index (χ3v) is 4.57. The minimum atomic E-state index is 0.203. The summed E-state index contributed by atoms with van der Waals surface area (Å²) in [6.07, 6.45) is 6.88. The molecule has 1 aromatic heterocycles. The Morgan fingerprint density at radius 1 is 1.26 bits per heavy atom. The topological polar surface area (TPSA) is 50.5 Å². The van der Waals surface area contributed by atoms with Crippen molar-refractivity contribution in [3.8, 4) is 11.5 Å². The summed E-state index contributed by atoms with van der Waals surface area (Å²) in [6.45, 7) is 1.88. The van der Waals surface area contributed by atoms with Crippen molar-refractivity contribution in [1.82, 2.24) is 14.7 Å². The van der Waals surface area contributed by atoms with E-state index in [-0.39, 0.29) is 5.75 Å². The number of rotatable bonds is 4. The summed E-state index contributed by atoms with van der Waals surface area (Å²) < 4.78 is 7.00. The Morgan fingerprint density at radius 3 is 2.83 bits per heavy atom. The highest BCUT2D eigenvalue weighted by atomic mass is 16.5. The number of aromatic nitrogens is 2. The van der Waals surface area contributed by atoms with Crippen molar-refractivity contribution < 1.29 is 9.84 Å². The molecule has 1 aliphatic heterocycles. The van der Waals surface area contributed by atoms with Crippen molar-refractivity contribution in [2.45, 2.75) is 38.3 Å². The molecule has 1 fully saturated rings. The number of phenolic OH excluding ortho intramolecular Hbond substituents is 1. The molecule has 5 heteroatoms. The lowest BCUT2D eigenvalue weighted by atomic mass is 10.1. The maximum atomic E-state index is 10.0. The van der Waals surface area contributed by atoms with Gasteiger partial charge in [-0.3, -0.25) is 9.58 Å². The maximum absolute atomic E-state index is 10.0. The summed E-state index contributed by atoms with van der Waals surface area (Å²) in [5.74, 6) is 0.722. The van der Waals surface area contributed by atoms with Gasteiger partial charge in [0.05, 0.1) is 18.8 Å². The summed E-state index contributed by atoms with van der Waals surface area (Å²) in [4.78, 5) is 2.48. The number of methoxy groups -OCH3 is 1. The van der Waals surface area contributed by atoms with Crippen molar-refractivity contribution >= 4 is 0 Å². The van der Waals surface area contributed by atoms with Gasteiger partial charge in [-0.15, -0.1) is 0 Å². The van der Waals surface area contributed by atoms with Crippen molar-refractivity contribution in [1.29, 1.82) is 0 Å². The third kappa shape index (κ3) is 3.67. The molecule has 0 saturated carbocycles. The van der Waals surface area contributed by atoms with Crippen molar-refractivity contribution in [2.75, 3.05) is 13.7 Å². The van der Waals surface area contributed by atoms with E-state index in [0.29, 0.717) is 11.8 Å². The van der Waals surface area contributed by atoms with Crippen LogP contribution in [-0.4, -0.2) is 33.4 Å². The van der Waals surface area contributed by atoms with E-state index in [0.717, 1.165) is 30.8 Å². The highest BCUT2D eigenvalue weighted by molar-refractivity contribution is 5.41. The van der Waals surface area contributed by atoms with Gasteiger partial charge in [-0.2, -0.15) is 5.10 Å². The van der Waals surface area contributed by atoms with Crippen LogP contribution in [0.5, 0.6) is 11.5 Å². The lowest BCUT2D eigenvalue weighted by molar-refractivity contribution is 0.188. The third-order valence-electron chi connectivity index (χ3n) is 4.57. The maximum Gasteiger partial charge on any atom is 0.160 e. The second-order valence-corrected chi connectivity index (χ2v) is 6.26. The van der Waals surface area contributed by atoms with Crippen LogP contribution < -0.4 is 4.74 Å². The normalized spacial score (nSPS) is 19.5. The van der Waals surface area contributed by atoms with Gasteiger partial charge in [0, 0.05) is 19.8 Å². The van der Waals surface area contributed by atoms with Crippen LogP contribution in [0.3, 0.4) is 0 Å². The quantitative estimate of drug-likeness (QED) is 0.941. The molecule has 1 saturated heterocycles. The Bertz CT molecular complexity index is 653. The van der Waals surface area contributed by atoms with Crippen LogP contribution in [0.1, 0.15) is 43.0 Å². The SMILES string of the molecule is COc1ccc(CN2CCCCC[C@H]2c2ccn(C)n2)cc1O. The van der Waals surface area contributed by atoms with Crippen molar-refractivity contribution in [3.63, 3.8) is 0 Å². The van der Waals surface area contributed by atoms with Gasteiger partial charge in [0.1, 0.15) is 0 Å². The molecule has 0 radical (unpaired) electrons. The molecule has 0 amide bonds. The van der Waals surface area contributed by atoms with Crippen LogP contribution in [0.2, 0.25) is 0 Å². The highest BCUT2D eigenvalue weighted by Gasteiger charge is 2.24. The Balaban J connectivity index is 1.81. The molecule has 23 heavy (non-hydrogen) atoms. The zero-order valence-electron chi connectivity index (χ0n) is 13.9. The number of aryl methyl sites for hydroxylation is 1. The minimum absolute atomic E-state index is 0.203. The van der Waals surface area contributed by atoms with Gasteiger partial charge in [-0.1, -0.05) is 18.9 Å². The Kier molecular flexibility index (Phi) is 4.86. The van der Waals surface area contributed by atoms with Gasteiger partial charge < -0.3 is 9.84 Å². The van der Waals surface area contributed by atoms with Crippen molar-refractivity contribution in [2.24, 2.45) is 7.05 Å². The van der Waals surface area contributed by atoms with Gasteiger partial charge in [0.15, 0.2) is 11.5 Å². The molecule has 1 atom stereocenters. The van der Waals surface area contributed by atoms with Gasteiger partial charge in [-0.25, -0.2) is 0 Å². The first kappa shape index (κ1) is 15.9. The largest absolute Gasteiger partial charge is 0.504 e. The molecular weight excluding hydrogens is 290 g/mol. The van der Waals surface area contributed by atoms with E-state index >= 15 is 0 Å². The first-order valence-corrected chi connectivity index (χ1v) is 8.27. The predicted molar refractivity (Wildman–Crippen MR) is 89.5 cm³/mol. The molecule has 1 aliphatic rings. The summed E-state index contributed by atoms with van der Waals surface area (Å²) in [5, 5.41) is 14.6. The highest BCUT2D eigenvalue weighted by Crippen LogP contribution is 2.32. The predicted octanol–water partition coefficient (Wildman–Crippen LogP) is 3.25. The van der Waals surface area contributed by atoms with Gasteiger partial charge >= 0.3 is 0 Å². The fraction of sp³-hybridized carbons (Fsp3) is 0.500. The first-order valence-electron chi connectivity index (χ1n) is 8.27. The number of aromatic hydroxyl groups is 1. The Morgan fingerprint density at radius 2 is 2.13 bits per heavy atom. The molecule has 2 heterocycles. The molecule has 2 aromatic rings. The smallest absolute Gasteiger partial charge is 0.160 e. The standard InChI is InChI=1S/C18H25N3O2/c1-20-11-9-15(19-20)16-6-4-3-5-10-21(16)13-14-7-8-18(23-2)17(22)12-14/h7-9,11-12,16,22H,3-6,10,13H2,1-2H3/t16-/m0/s1. The lowest BCUT2D eigenvalue weighted by Gasteiger charge is -2.29. The number of hydrogen-bond acceptors (Lipinski definition) is 4. The summed E-state index contributed by atoms with van der Waals surface area (Å²) in [6, 6.07) is 8.13. The van der Waals surface area contributed by atoms with Crippen LogP contribution in [-0.2, 0) is 13.6 Å². The van der Waals surface area contributed by atoms with Gasteiger partial charge in [-0.05, 0) is 43.1 Å². The van der Waals surface area contributed by atoms with Crippen LogP contribution >= 0.6 is 0 Å². The van der Waals surface area contributed by atoms with Crippen LogP contribution in [0, 0.1) is 0 Å². The summed E-state index contributed by atoms with van der Waals surface area (Å²) in [7, 11) is 3.53. The van der Waals surface area contributed by atoms with E-state index < -0.39 is 0 Å². The minimum Gasteiger partial charge on any atom is -0.504 e. The van der Waals surface area contributed by atoms with Crippen LogP contribution in [0.15, 0.2) is 30.5 Å². The second-order valence-electron chi connectivity index (χ2n) is 6.26. The number of phenols is 1. The van der Waals surface area contributed by atoms with E-state index in [1.165, 1.54) is 19.3 Å². The van der Waals surface area contributed by atoms with Crippen LogP contribution in [0.25, 0.3) is 0 Å². The molecule has 0 spiro atoms. The van der Waals surface area contributed by atoms with E-state index in [1.807, 2.05) is 30.1 Å². The summed E-state index contributed by atoms with van der Waals surface area (Å²) in [5.41, 5.74) is 2.25. The van der Waals surface area contributed by atoms with E-state index in [1.54, 1.807) is 13.2 Å². The fourth-order valence-corrected chi connectivity index (χ4v) is 3.37.